The molecule has 0 amide bonds. The molecule has 1 aromatic heterocycles. The first-order chi connectivity index (χ1) is 5.77. The van der Waals surface area contributed by atoms with E-state index in [1.165, 1.54) is 0 Å². The first kappa shape index (κ1) is 7.49. The smallest absolute Gasteiger partial charge is 0.157 e. The van der Waals surface area contributed by atoms with E-state index in [1.807, 2.05) is 24.3 Å². The third kappa shape index (κ3) is 1.14. The van der Waals surface area contributed by atoms with Gasteiger partial charge in [-0.2, -0.15) is 0 Å². The Morgan fingerprint density at radius 1 is 1.08 bits per heavy atom. The molecule has 0 aliphatic rings. The van der Waals surface area contributed by atoms with Gasteiger partial charge in [0, 0.05) is 0 Å². The van der Waals surface area contributed by atoms with Crippen LogP contribution in [0, 0.1) is 0 Å². The summed E-state index contributed by atoms with van der Waals surface area (Å²) in [5.74, 6) is 0.425. The second kappa shape index (κ2) is 2.71. The Hall–Kier alpha value is -1.16. The topological polar surface area (TPSA) is 51.8 Å². The molecule has 3 nitrogen and oxygen atoms in total. The number of aromatic nitrogens is 2. The maximum Gasteiger partial charge on any atom is 0.157 e. The molecule has 0 atom stereocenters. The summed E-state index contributed by atoms with van der Waals surface area (Å²) in [4.78, 5) is 8.35. The van der Waals surface area contributed by atoms with E-state index in [2.05, 4.69) is 25.9 Å². The summed E-state index contributed by atoms with van der Waals surface area (Å²) >= 11 is 3.22. The lowest BCUT2D eigenvalue weighted by molar-refractivity contribution is 1.26. The lowest BCUT2D eigenvalue weighted by atomic mass is 10.3. The molecule has 0 fully saturated rings. The average molecular weight is 224 g/mol. The maximum absolute atomic E-state index is 5.57. The van der Waals surface area contributed by atoms with Crippen molar-refractivity contribution in [1.29, 1.82) is 0 Å². The molecule has 0 bridgehead atoms. The largest absolute Gasteiger partial charge is 0.381 e. The monoisotopic (exact) mass is 223 g/mol. The van der Waals surface area contributed by atoms with Crippen LogP contribution in [-0.4, -0.2) is 9.97 Å². The van der Waals surface area contributed by atoms with Crippen molar-refractivity contribution in [2.45, 2.75) is 0 Å². The number of benzene rings is 1. The molecule has 12 heavy (non-hydrogen) atoms. The Morgan fingerprint density at radius 3 is 2.33 bits per heavy atom. The van der Waals surface area contributed by atoms with Crippen molar-refractivity contribution < 1.29 is 0 Å². The number of rotatable bonds is 0. The van der Waals surface area contributed by atoms with Crippen LogP contribution in [-0.2, 0) is 0 Å². The number of hydrogen-bond donors (Lipinski definition) is 1. The van der Waals surface area contributed by atoms with Crippen molar-refractivity contribution >= 4 is 32.8 Å². The van der Waals surface area contributed by atoms with E-state index in [4.69, 9.17) is 5.73 Å². The standard InChI is InChI=1S/C8H6BrN3/c9-7-8(10)12-6-4-2-1-3-5(6)11-7/h1-4H,(H2,10,12). The maximum atomic E-state index is 5.57. The Bertz CT molecular complexity index is 387. The Morgan fingerprint density at radius 2 is 1.67 bits per heavy atom. The van der Waals surface area contributed by atoms with E-state index in [0.717, 1.165) is 11.0 Å². The molecule has 4 heteroatoms. The van der Waals surface area contributed by atoms with Crippen molar-refractivity contribution in [2.24, 2.45) is 0 Å². The highest BCUT2D eigenvalue weighted by atomic mass is 79.9. The third-order valence-corrected chi connectivity index (χ3v) is 2.14. The van der Waals surface area contributed by atoms with Crippen molar-refractivity contribution in [3.63, 3.8) is 0 Å². The van der Waals surface area contributed by atoms with Gasteiger partial charge < -0.3 is 5.73 Å². The van der Waals surface area contributed by atoms with Gasteiger partial charge in [-0.05, 0) is 28.1 Å². The molecule has 1 heterocycles. The molecule has 2 rings (SSSR count). The molecule has 60 valence electrons. The van der Waals surface area contributed by atoms with Gasteiger partial charge in [0.1, 0.15) is 4.60 Å². The minimum absolute atomic E-state index is 0.425. The summed E-state index contributed by atoms with van der Waals surface area (Å²) in [5, 5.41) is 0. The van der Waals surface area contributed by atoms with E-state index in [0.29, 0.717) is 10.4 Å². The molecule has 0 saturated carbocycles. The zero-order chi connectivity index (χ0) is 8.55. The highest BCUT2D eigenvalue weighted by molar-refractivity contribution is 9.10. The van der Waals surface area contributed by atoms with Crippen LogP contribution in [0.25, 0.3) is 11.0 Å². The van der Waals surface area contributed by atoms with Crippen LogP contribution in [0.15, 0.2) is 28.9 Å². The summed E-state index contributed by atoms with van der Waals surface area (Å²) in [5.41, 5.74) is 7.23. The average Bonchev–Trinajstić information content (AvgIpc) is 2.07. The van der Waals surface area contributed by atoms with Crippen LogP contribution < -0.4 is 5.73 Å². The van der Waals surface area contributed by atoms with Gasteiger partial charge in [0.2, 0.25) is 0 Å². The van der Waals surface area contributed by atoms with Gasteiger partial charge in [0.25, 0.3) is 0 Å². The second-order valence-corrected chi connectivity index (χ2v) is 3.14. The normalized spacial score (nSPS) is 10.4. The minimum atomic E-state index is 0.425. The van der Waals surface area contributed by atoms with Gasteiger partial charge in [0.15, 0.2) is 5.82 Å². The zero-order valence-electron chi connectivity index (χ0n) is 6.16. The summed E-state index contributed by atoms with van der Waals surface area (Å²) in [6.45, 7) is 0. The Kier molecular flexibility index (Phi) is 1.69. The number of anilines is 1. The molecule has 0 unspecified atom stereocenters. The summed E-state index contributed by atoms with van der Waals surface area (Å²) < 4.78 is 0.598. The van der Waals surface area contributed by atoms with E-state index in [9.17, 15) is 0 Å². The molecule has 0 radical (unpaired) electrons. The first-order valence-electron chi connectivity index (χ1n) is 3.45. The van der Waals surface area contributed by atoms with E-state index >= 15 is 0 Å². The highest BCUT2D eigenvalue weighted by Gasteiger charge is 2.00. The van der Waals surface area contributed by atoms with Crippen molar-refractivity contribution in [3.05, 3.63) is 28.9 Å². The summed E-state index contributed by atoms with van der Waals surface area (Å²) in [6.07, 6.45) is 0. The fourth-order valence-corrected chi connectivity index (χ4v) is 1.27. The fraction of sp³-hybridized carbons (Fsp3) is 0. The van der Waals surface area contributed by atoms with Crippen LogP contribution in [0.5, 0.6) is 0 Å². The van der Waals surface area contributed by atoms with Crippen molar-refractivity contribution in [2.75, 3.05) is 5.73 Å². The molecular formula is C8H6BrN3. The quantitative estimate of drug-likeness (QED) is 0.744. The van der Waals surface area contributed by atoms with Crippen LogP contribution in [0.1, 0.15) is 0 Å². The lowest BCUT2D eigenvalue weighted by Gasteiger charge is -1.98. The second-order valence-electron chi connectivity index (χ2n) is 2.39. The summed E-state index contributed by atoms with van der Waals surface area (Å²) in [7, 11) is 0. The Balaban J connectivity index is 2.84. The van der Waals surface area contributed by atoms with E-state index < -0.39 is 0 Å². The van der Waals surface area contributed by atoms with Gasteiger partial charge in [-0.25, -0.2) is 9.97 Å². The number of nitrogens with two attached hydrogens (primary N) is 1. The van der Waals surface area contributed by atoms with Crippen LogP contribution in [0.4, 0.5) is 5.82 Å². The number of nitrogens with zero attached hydrogens (tertiary/aromatic N) is 2. The molecule has 2 N–H and O–H groups in total. The lowest BCUT2D eigenvalue weighted by Crippen LogP contribution is -1.94. The molecule has 2 aromatic rings. The predicted octanol–water partition coefficient (Wildman–Crippen LogP) is 1.97. The molecule has 1 aromatic carbocycles. The van der Waals surface area contributed by atoms with Crippen LogP contribution >= 0.6 is 15.9 Å². The van der Waals surface area contributed by atoms with E-state index in [-0.39, 0.29) is 0 Å². The van der Waals surface area contributed by atoms with Gasteiger partial charge in [-0.1, -0.05) is 12.1 Å². The van der Waals surface area contributed by atoms with Crippen LogP contribution in [0.2, 0.25) is 0 Å². The van der Waals surface area contributed by atoms with Gasteiger partial charge in [-0.15, -0.1) is 0 Å². The van der Waals surface area contributed by atoms with Crippen molar-refractivity contribution in [3.8, 4) is 0 Å². The van der Waals surface area contributed by atoms with Gasteiger partial charge in [-0.3, -0.25) is 0 Å². The number of para-hydroxylation sites is 2. The number of fused-ring (bicyclic) bond motifs is 1. The number of halogens is 1. The molecule has 0 saturated heterocycles. The molecule has 0 aliphatic heterocycles. The predicted molar refractivity (Wildman–Crippen MR) is 51.7 cm³/mol. The third-order valence-electron chi connectivity index (χ3n) is 1.55. The van der Waals surface area contributed by atoms with Crippen molar-refractivity contribution in [1.82, 2.24) is 9.97 Å². The molecule has 0 spiro atoms. The van der Waals surface area contributed by atoms with Gasteiger partial charge >= 0.3 is 0 Å². The fourth-order valence-electron chi connectivity index (χ4n) is 0.992. The number of hydrogen-bond acceptors (Lipinski definition) is 3. The SMILES string of the molecule is Nc1nc2ccccc2nc1Br. The highest BCUT2D eigenvalue weighted by Crippen LogP contribution is 2.18. The van der Waals surface area contributed by atoms with Gasteiger partial charge in [0.05, 0.1) is 11.0 Å². The Labute approximate surface area is 77.8 Å². The molecule has 0 aliphatic carbocycles. The minimum Gasteiger partial charge on any atom is -0.381 e. The molecular weight excluding hydrogens is 218 g/mol. The summed E-state index contributed by atoms with van der Waals surface area (Å²) in [6, 6.07) is 7.60. The number of nitrogen functional groups attached to an aromatic ring is 1. The first-order valence-corrected chi connectivity index (χ1v) is 4.24. The van der Waals surface area contributed by atoms with Crippen LogP contribution in [0.3, 0.4) is 0 Å². The van der Waals surface area contributed by atoms with E-state index in [1.54, 1.807) is 0 Å². The zero-order valence-corrected chi connectivity index (χ0v) is 7.75.